The summed E-state index contributed by atoms with van der Waals surface area (Å²) in [4.78, 5) is 43.0. The highest BCUT2D eigenvalue weighted by Gasteiger charge is 2.52. The van der Waals surface area contributed by atoms with Gasteiger partial charge in [-0.1, -0.05) is 17.7 Å². The molecule has 0 aromatic heterocycles. The molecule has 3 fully saturated rings. The van der Waals surface area contributed by atoms with Gasteiger partial charge >= 0.3 is 12.1 Å². The van der Waals surface area contributed by atoms with Crippen LogP contribution in [0.2, 0.25) is 5.02 Å². The molecule has 1 N–H and O–H groups in total. The lowest BCUT2D eigenvalue weighted by molar-refractivity contribution is -0.119. The molecule has 4 rings (SSSR count). The molecule has 0 spiro atoms. The Labute approximate surface area is 173 Å². The average molecular weight is 423 g/mol. The standard InChI is InChI=1S/C20H24ClFN4O3/c1-12-4-5-14(21)13(17(12)22)10-23-19(28)25-9-6-15-18(25)16(27)11-26(15)20(29)24-7-2-3-8-24/h4-5,15,18H,2-3,6-11H2,1H3,(H,23,28)/t15-,18+/m1/s1. The fourth-order valence-electron chi connectivity index (χ4n) is 4.54. The molecule has 9 heteroatoms. The zero-order valence-corrected chi connectivity index (χ0v) is 17.0. The van der Waals surface area contributed by atoms with E-state index < -0.39 is 17.9 Å². The Morgan fingerprint density at radius 3 is 2.66 bits per heavy atom. The predicted octanol–water partition coefficient (Wildman–Crippen LogP) is 2.54. The molecule has 4 amide bonds. The van der Waals surface area contributed by atoms with Crippen molar-refractivity contribution in [2.75, 3.05) is 26.2 Å². The van der Waals surface area contributed by atoms with Gasteiger partial charge in [0.2, 0.25) is 0 Å². The van der Waals surface area contributed by atoms with Gasteiger partial charge in [-0.2, -0.15) is 0 Å². The van der Waals surface area contributed by atoms with E-state index in [0.29, 0.717) is 31.6 Å². The minimum Gasteiger partial charge on any atom is -0.334 e. The van der Waals surface area contributed by atoms with Gasteiger partial charge < -0.3 is 20.0 Å². The maximum Gasteiger partial charge on any atom is 0.320 e. The number of hydrogen-bond acceptors (Lipinski definition) is 3. The van der Waals surface area contributed by atoms with Crippen LogP contribution >= 0.6 is 11.6 Å². The van der Waals surface area contributed by atoms with Crippen molar-refractivity contribution >= 4 is 29.4 Å². The summed E-state index contributed by atoms with van der Waals surface area (Å²) in [5, 5.41) is 2.92. The number of nitrogens with one attached hydrogen (secondary N) is 1. The number of likely N-dealkylation sites (tertiary alicyclic amines) is 3. The highest BCUT2D eigenvalue weighted by atomic mass is 35.5. The van der Waals surface area contributed by atoms with E-state index in [1.807, 2.05) is 0 Å². The summed E-state index contributed by atoms with van der Waals surface area (Å²) in [7, 11) is 0. The fraction of sp³-hybridized carbons (Fsp3) is 0.550. The van der Waals surface area contributed by atoms with Crippen LogP contribution in [0.5, 0.6) is 0 Å². The van der Waals surface area contributed by atoms with E-state index in [0.717, 1.165) is 12.8 Å². The first kappa shape index (κ1) is 19.9. The van der Waals surface area contributed by atoms with Crippen LogP contribution in [0, 0.1) is 12.7 Å². The first-order chi connectivity index (χ1) is 13.9. The van der Waals surface area contributed by atoms with E-state index in [-0.39, 0.29) is 41.5 Å². The third kappa shape index (κ3) is 3.54. The average Bonchev–Trinajstić information content (AvgIpc) is 3.43. The Kier molecular flexibility index (Phi) is 5.38. The van der Waals surface area contributed by atoms with Gasteiger partial charge in [-0.3, -0.25) is 4.79 Å². The lowest BCUT2D eigenvalue weighted by Gasteiger charge is -2.28. The van der Waals surface area contributed by atoms with Crippen LogP contribution in [0.3, 0.4) is 0 Å². The summed E-state index contributed by atoms with van der Waals surface area (Å²) in [5.41, 5.74) is 0.668. The molecule has 2 atom stereocenters. The summed E-state index contributed by atoms with van der Waals surface area (Å²) in [6.45, 7) is 3.41. The second-order valence-electron chi connectivity index (χ2n) is 7.88. The van der Waals surface area contributed by atoms with E-state index in [2.05, 4.69) is 5.32 Å². The van der Waals surface area contributed by atoms with Crippen molar-refractivity contribution in [1.29, 1.82) is 0 Å². The topological polar surface area (TPSA) is 73.0 Å². The molecule has 29 heavy (non-hydrogen) atoms. The van der Waals surface area contributed by atoms with Gasteiger partial charge in [-0.05, 0) is 37.8 Å². The van der Waals surface area contributed by atoms with Crippen LogP contribution in [-0.4, -0.2) is 70.8 Å². The number of carbonyl (C=O) groups excluding carboxylic acids is 3. The maximum absolute atomic E-state index is 14.3. The molecule has 1 aromatic rings. The molecule has 3 aliphatic rings. The number of halogens is 2. The summed E-state index contributed by atoms with van der Waals surface area (Å²) < 4.78 is 14.3. The molecule has 0 unspecified atom stereocenters. The van der Waals surface area contributed by atoms with Crippen LogP contribution in [-0.2, 0) is 11.3 Å². The van der Waals surface area contributed by atoms with Gasteiger partial charge in [0.15, 0.2) is 5.78 Å². The zero-order chi connectivity index (χ0) is 20.7. The van der Waals surface area contributed by atoms with Crippen molar-refractivity contribution in [3.05, 3.63) is 34.1 Å². The van der Waals surface area contributed by atoms with E-state index in [9.17, 15) is 18.8 Å². The summed E-state index contributed by atoms with van der Waals surface area (Å²) in [5.74, 6) is -0.577. The number of carbonyl (C=O) groups is 3. The number of aryl methyl sites for hydroxylation is 1. The van der Waals surface area contributed by atoms with Gasteiger partial charge in [0.25, 0.3) is 0 Å². The van der Waals surface area contributed by atoms with Crippen molar-refractivity contribution in [2.24, 2.45) is 0 Å². The SMILES string of the molecule is Cc1ccc(Cl)c(CNC(=O)N2CC[C@@H]3[C@H]2C(=O)CN3C(=O)N2CCCC2)c1F. The van der Waals surface area contributed by atoms with Crippen LogP contribution < -0.4 is 5.32 Å². The molecule has 1 aromatic carbocycles. The van der Waals surface area contributed by atoms with Gasteiger partial charge in [0, 0.05) is 36.8 Å². The second-order valence-corrected chi connectivity index (χ2v) is 8.29. The molecule has 3 aliphatic heterocycles. The van der Waals surface area contributed by atoms with Crippen LogP contribution in [0.15, 0.2) is 12.1 Å². The first-order valence-corrected chi connectivity index (χ1v) is 10.3. The molecular formula is C20H24ClFN4O3. The maximum atomic E-state index is 14.3. The van der Waals surface area contributed by atoms with Crippen molar-refractivity contribution in [2.45, 2.75) is 44.8 Å². The molecule has 0 saturated carbocycles. The number of ketones is 1. The Bertz CT molecular complexity index is 858. The van der Waals surface area contributed by atoms with Crippen molar-refractivity contribution < 1.29 is 18.8 Å². The fourth-order valence-corrected chi connectivity index (χ4v) is 4.75. The lowest BCUT2D eigenvalue weighted by atomic mass is 10.1. The Balaban J connectivity index is 1.43. The number of urea groups is 2. The van der Waals surface area contributed by atoms with Gasteiger partial charge in [-0.25, -0.2) is 14.0 Å². The van der Waals surface area contributed by atoms with Crippen LogP contribution in [0.25, 0.3) is 0 Å². The molecule has 3 saturated heterocycles. The molecule has 3 heterocycles. The minimum absolute atomic E-state index is 0.0345. The largest absolute Gasteiger partial charge is 0.334 e. The van der Waals surface area contributed by atoms with Crippen LogP contribution in [0.1, 0.15) is 30.4 Å². The van der Waals surface area contributed by atoms with Gasteiger partial charge in [0.05, 0.1) is 12.6 Å². The number of rotatable bonds is 2. The number of Topliss-reactive ketones (excluding diaryl/α,β-unsaturated/α-hetero) is 1. The minimum atomic E-state index is -0.639. The van der Waals surface area contributed by atoms with E-state index >= 15 is 0 Å². The van der Waals surface area contributed by atoms with Crippen molar-refractivity contribution in [3.63, 3.8) is 0 Å². The Hall–Kier alpha value is -2.35. The smallest absolute Gasteiger partial charge is 0.320 e. The molecule has 0 aliphatic carbocycles. The lowest BCUT2D eigenvalue weighted by Crippen LogP contribution is -2.48. The zero-order valence-electron chi connectivity index (χ0n) is 16.3. The predicted molar refractivity (Wildman–Crippen MR) is 105 cm³/mol. The third-order valence-electron chi connectivity index (χ3n) is 6.10. The number of benzene rings is 1. The quantitative estimate of drug-likeness (QED) is 0.796. The second kappa shape index (κ2) is 7.82. The molecule has 156 valence electrons. The summed E-state index contributed by atoms with van der Waals surface area (Å²) in [6.07, 6.45) is 2.52. The van der Waals surface area contributed by atoms with Crippen molar-refractivity contribution in [3.8, 4) is 0 Å². The van der Waals surface area contributed by atoms with Gasteiger partial charge in [0.1, 0.15) is 11.9 Å². The van der Waals surface area contributed by atoms with E-state index in [4.69, 9.17) is 11.6 Å². The highest BCUT2D eigenvalue weighted by molar-refractivity contribution is 6.31. The van der Waals surface area contributed by atoms with Crippen LogP contribution in [0.4, 0.5) is 14.0 Å². The molecule has 0 radical (unpaired) electrons. The van der Waals surface area contributed by atoms with E-state index in [1.165, 1.54) is 4.90 Å². The first-order valence-electron chi connectivity index (χ1n) is 9.94. The normalized spacial score (nSPS) is 23.7. The highest BCUT2D eigenvalue weighted by Crippen LogP contribution is 2.31. The number of amides is 4. The third-order valence-corrected chi connectivity index (χ3v) is 6.46. The molecule has 7 nitrogen and oxygen atoms in total. The molecule has 0 bridgehead atoms. The number of fused-ring (bicyclic) bond motifs is 1. The Morgan fingerprint density at radius 1 is 1.21 bits per heavy atom. The van der Waals surface area contributed by atoms with Crippen molar-refractivity contribution in [1.82, 2.24) is 20.0 Å². The monoisotopic (exact) mass is 422 g/mol. The summed E-state index contributed by atoms with van der Waals surface area (Å²) >= 11 is 6.07. The number of hydrogen-bond donors (Lipinski definition) is 1. The van der Waals surface area contributed by atoms with E-state index in [1.54, 1.807) is 28.9 Å². The van der Waals surface area contributed by atoms with Gasteiger partial charge in [-0.15, -0.1) is 0 Å². The molecular weight excluding hydrogens is 399 g/mol. The summed E-state index contributed by atoms with van der Waals surface area (Å²) in [6, 6.07) is 1.69. The Morgan fingerprint density at radius 2 is 1.93 bits per heavy atom. The number of nitrogens with zero attached hydrogens (tertiary/aromatic N) is 3.